The standard InChI is InChI=1S/C7H5FN4O2/c8-3-1-10-6-4(7(13)14)5(9)11-12(6)2-3/h1-2H,(H2,9,11)(H,13,14). The largest absolute Gasteiger partial charge is 0.477 e. The van der Waals surface area contributed by atoms with Gasteiger partial charge in [0.15, 0.2) is 17.3 Å². The Morgan fingerprint density at radius 2 is 2.36 bits per heavy atom. The minimum Gasteiger partial charge on any atom is -0.477 e. The molecule has 2 aromatic heterocycles. The number of aromatic nitrogens is 3. The first-order chi connectivity index (χ1) is 6.59. The van der Waals surface area contributed by atoms with Gasteiger partial charge in [0.2, 0.25) is 0 Å². The summed E-state index contributed by atoms with van der Waals surface area (Å²) in [5.41, 5.74) is 5.14. The minimum atomic E-state index is -1.24. The van der Waals surface area contributed by atoms with E-state index in [-0.39, 0.29) is 17.0 Å². The van der Waals surface area contributed by atoms with E-state index in [1.54, 1.807) is 0 Å². The molecule has 72 valence electrons. The fraction of sp³-hybridized carbons (Fsp3) is 0. The molecule has 0 aliphatic carbocycles. The summed E-state index contributed by atoms with van der Waals surface area (Å²) in [6.07, 6.45) is 1.91. The van der Waals surface area contributed by atoms with Gasteiger partial charge in [-0.1, -0.05) is 0 Å². The summed E-state index contributed by atoms with van der Waals surface area (Å²) in [5, 5.41) is 12.4. The van der Waals surface area contributed by atoms with Crippen LogP contribution in [0.3, 0.4) is 0 Å². The van der Waals surface area contributed by atoms with Crippen molar-refractivity contribution in [1.82, 2.24) is 14.6 Å². The number of carbonyl (C=O) groups is 1. The highest BCUT2D eigenvalue weighted by atomic mass is 19.1. The second kappa shape index (κ2) is 2.66. The van der Waals surface area contributed by atoms with Crippen LogP contribution in [0.2, 0.25) is 0 Å². The molecular weight excluding hydrogens is 191 g/mol. The number of nitrogens with two attached hydrogens (primary N) is 1. The molecule has 0 saturated carbocycles. The van der Waals surface area contributed by atoms with Crippen molar-refractivity contribution in [2.24, 2.45) is 0 Å². The number of anilines is 1. The Labute approximate surface area is 76.8 Å². The van der Waals surface area contributed by atoms with E-state index in [0.29, 0.717) is 0 Å². The van der Waals surface area contributed by atoms with Gasteiger partial charge in [-0.15, -0.1) is 5.10 Å². The molecule has 14 heavy (non-hydrogen) atoms. The summed E-state index contributed by atoms with van der Waals surface area (Å²) in [6, 6.07) is 0. The van der Waals surface area contributed by atoms with Gasteiger partial charge in [-0.2, -0.15) is 0 Å². The molecule has 3 N–H and O–H groups in total. The average molecular weight is 196 g/mol. The Morgan fingerprint density at radius 3 is 3.00 bits per heavy atom. The number of carboxylic acid groups (broad SMARTS) is 1. The van der Waals surface area contributed by atoms with Gasteiger partial charge in [0.25, 0.3) is 0 Å². The normalized spacial score (nSPS) is 10.6. The zero-order valence-corrected chi connectivity index (χ0v) is 6.81. The molecule has 0 bridgehead atoms. The Hall–Kier alpha value is -2.18. The van der Waals surface area contributed by atoms with Gasteiger partial charge in [0, 0.05) is 0 Å². The molecule has 2 rings (SSSR count). The van der Waals surface area contributed by atoms with Crippen molar-refractivity contribution in [3.8, 4) is 0 Å². The van der Waals surface area contributed by atoms with Gasteiger partial charge >= 0.3 is 5.97 Å². The summed E-state index contributed by atoms with van der Waals surface area (Å²) in [6.45, 7) is 0. The van der Waals surface area contributed by atoms with Crippen LogP contribution >= 0.6 is 0 Å². The molecule has 0 fully saturated rings. The summed E-state index contributed by atoms with van der Waals surface area (Å²) in [4.78, 5) is 14.3. The number of hydrogen-bond donors (Lipinski definition) is 2. The highest BCUT2D eigenvalue weighted by Gasteiger charge is 2.18. The first-order valence-electron chi connectivity index (χ1n) is 3.62. The van der Waals surface area contributed by atoms with E-state index in [2.05, 4.69) is 10.1 Å². The molecule has 0 spiro atoms. The van der Waals surface area contributed by atoms with Crippen LogP contribution < -0.4 is 5.73 Å². The zero-order chi connectivity index (χ0) is 10.3. The van der Waals surface area contributed by atoms with Crippen molar-refractivity contribution in [2.45, 2.75) is 0 Å². The van der Waals surface area contributed by atoms with Gasteiger partial charge in [-0.05, 0) is 0 Å². The maximum absolute atomic E-state index is 12.7. The van der Waals surface area contributed by atoms with Crippen LogP contribution in [0.4, 0.5) is 10.2 Å². The summed E-state index contributed by atoms with van der Waals surface area (Å²) >= 11 is 0. The summed E-state index contributed by atoms with van der Waals surface area (Å²) in [5.74, 6) is -2.04. The number of nitrogen functional groups attached to an aromatic ring is 1. The molecule has 0 amide bonds. The van der Waals surface area contributed by atoms with Crippen LogP contribution in [0.5, 0.6) is 0 Å². The van der Waals surface area contributed by atoms with Gasteiger partial charge in [-0.25, -0.2) is 18.7 Å². The molecule has 6 nitrogen and oxygen atoms in total. The average Bonchev–Trinajstić information content (AvgIpc) is 2.39. The van der Waals surface area contributed by atoms with E-state index >= 15 is 0 Å². The quantitative estimate of drug-likeness (QED) is 0.677. The topological polar surface area (TPSA) is 93.5 Å². The van der Waals surface area contributed by atoms with Crippen LogP contribution in [0.1, 0.15) is 10.4 Å². The van der Waals surface area contributed by atoms with Gasteiger partial charge in [0.1, 0.15) is 5.56 Å². The minimum absolute atomic E-state index is 0.0244. The summed E-state index contributed by atoms with van der Waals surface area (Å²) < 4.78 is 13.7. The maximum atomic E-state index is 12.7. The molecule has 2 aromatic rings. The SMILES string of the molecule is Nc1nn2cc(F)cnc2c1C(=O)O. The smallest absolute Gasteiger partial charge is 0.343 e. The lowest BCUT2D eigenvalue weighted by Gasteiger charge is -1.92. The number of fused-ring (bicyclic) bond motifs is 1. The number of halogens is 1. The second-order valence-corrected chi connectivity index (χ2v) is 2.61. The molecule has 7 heteroatoms. The third kappa shape index (κ3) is 1.06. The number of rotatable bonds is 1. The monoisotopic (exact) mass is 196 g/mol. The fourth-order valence-corrected chi connectivity index (χ4v) is 1.13. The van der Waals surface area contributed by atoms with Crippen LogP contribution in [0.15, 0.2) is 12.4 Å². The molecule has 2 heterocycles. The van der Waals surface area contributed by atoms with Crippen molar-refractivity contribution in [3.63, 3.8) is 0 Å². The van der Waals surface area contributed by atoms with E-state index in [1.165, 1.54) is 0 Å². The van der Waals surface area contributed by atoms with Crippen LogP contribution in [-0.2, 0) is 0 Å². The van der Waals surface area contributed by atoms with E-state index in [0.717, 1.165) is 16.9 Å². The Bertz CT molecular complexity index is 522. The van der Waals surface area contributed by atoms with Crippen molar-refractivity contribution < 1.29 is 14.3 Å². The van der Waals surface area contributed by atoms with Crippen LogP contribution in [0, 0.1) is 5.82 Å². The molecule has 0 radical (unpaired) electrons. The lowest BCUT2D eigenvalue weighted by Crippen LogP contribution is -2.00. The molecule has 0 atom stereocenters. The molecule has 0 aromatic carbocycles. The van der Waals surface area contributed by atoms with E-state index in [9.17, 15) is 9.18 Å². The summed E-state index contributed by atoms with van der Waals surface area (Å²) in [7, 11) is 0. The van der Waals surface area contributed by atoms with Crippen molar-refractivity contribution in [3.05, 3.63) is 23.8 Å². The Morgan fingerprint density at radius 1 is 1.64 bits per heavy atom. The third-order valence-electron chi connectivity index (χ3n) is 1.68. The lowest BCUT2D eigenvalue weighted by molar-refractivity contribution is 0.0700. The number of hydrogen-bond acceptors (Lipinski definition) is 4. The van der Waals surface area contributed by atoms with Crippen molar-refractivity contribution in [2.75, 3.05) is 5.73 Å². The Balaban J connectivity index is 2.84. The van der Waals surface area contributed by atoms with E-state index in [4.69, 9.17) is 10.8 Å². The van der Waals surface area contributed by atoms with Gasteiger partial charge in [0.05, 0.1) is 12.4 Å². The fourth-order valence-electron chi connectivity index (χ4n) is 1.13. The zero-order valence-electron chi connectivity index (χ0n) is 6.81. The number of nitrogens with zero attached hydrogens (tertiary/aromatic N) is 3. The molecule has 0 unspecified atom stereocenters. The number of aromatic carboxylic acids is 1. The second-order valence-electron chi connectivity index (χ2n) is 2.61. The van der Waals surface area contributed by atoms with E-state index < -0.39 is 11.8 Å². The molecular formula is C7H5FN4O2. The van der Waals surface area contributed by atoms with Crippen LogP contribution in [0.25, 0.3) is 5.65 Å². The Kier molecular flexibility index (Phi) is 1.60. The highest BCUT2D eigenvalue weighted by molar-refractivity contribution is 5.99. The first kappa shape index (κ1) is 8.42. The van der Waals surface area contributed by atoms with Crippen LogP contribution in [-0.4, -0.2) is 25.7 Å². The van der Waals surface area contributed by atoms with Crippen molar-refractivity contribution >= 4 is 17.4 Å². The van der Waals surface area contributed by atoms with E-state index in [1.807, 2.05) is 0 Å². The first-order valence-corrected chi connectivity index (χ1v) is 3.62. The predicted octanol–water partition coefficient (Wildman–Crippen LogP) is 0.149. The number of carboxylic acids is 1. The third-order valence-corrected chi connectivity index (χ3v) is 1.68. The highest BCUT2D eigenvalue weighted by Crippen LogP contribution is 2.15. The maximum Gasteiger partial charge on any atom is 0.343 e. The van der Waals surface area contributed by atoms with Gasteiger partial charge in [-0.3, -0.25) is 0 Å². The predicted molar refractivity (Wildman–Crippen MR) is 44.3 cm³/mol. The molecule has 0 aliphatic heterocycles. The molecule has 0 saturated heterocycles. The van der Waals surface area contributed by atoms with Crippen molar-refractivity contribution in [1.29, 1.82) is 0 Å². The lowest BCUT2D eigenvalue weighted by atomic mass is 10.3. The molecule has 0 aliphatic rings. The van der Waals surface area contributed by atoms with Gasteiger partial charge < -0.3 is 10.8 Å².